The summed E-state index contributed by atoms with van der Waals surface area (Å²) < 4.78 is 12.6. The molecule has 32 heavy (non-hydrogen) atoms. The van der Waals surface area contributed by atoms with Gasteiger partial charge in [-0.2, -0.15) is 5.10 Å². The van der Waals surface area contributed by atoms with Gasteiger partial charge >= 0.3 is 11.6 Å². The Kier molecular flexibility index (Phi) is 5.07. The molecule has 0 spiro atoms. The van der Waals surface area contributed by atoms with Crippen LogP contribution in [-0.4, -0.2) is 15.7 Å². The number of ether oxygens (including phenoxy) is 1. The van der Waals surface area contributed by atoms with Crippen LogP contribution < -0.4 is 5.63 Å². The quantitative estimate of drug-likeness (QED) is 0.247. The number of hydrogen-bond acceptors (Lipinski definition) is 6. The minimum Gasteiger partial charge on any atom is -0.457 e. The molecule has 0 fully saturated rings. The fourth-order valence-corrected chi connectivity index (χ4v) is 4.86. The topological polar surface area (TPSA) is 74.3 Å². The van der Waals surface area contributed by atoms with E-state index in [-0.39, 0.29) is 6.61 Å². The van der Waals surface area contributed by atoms with Crippen LogP contribution in [0, 0.1) is 13.8 Å². The lowest BCUT2D eigenvalue weighted by Gasteiger charge is -2.07. The van der Waals surface area contributed by atoms with E-state index in [1.807, 2.05) is 44.2 Å². The van der Waals surface area contributed by atoms with Crippen molar-refractivity contribution in [1.82, 2.24) is 9.78 Å². The third-order valence-electron chi connectivity index (χ3n) is 5.14. The molecule has 2 aromatic carbocycles. The lowest BCUT2D eigenvalue weighted by Crippen LogP contribution is -2.07. The zero-order valence-corrected chi connectivity index (χ0v) is 18.8. The molecule has 160 valence electrons. The maximum Gasteiger partial charge on any atom is 0.348 e. The first-order valence-corrected chi connectivity index (χ1v) is 11.0. The molecule has 5 aromatic rings. The second kappa shape index (κ2) is 7.93. The van der Waals surface area contributed by atoms with E-state index in [1.165, 1.54) is 17.4 Å². The first kappa shape index (κ1) is 20.5. The van der Waals surface area contributed by atoms with Gasteiger partial charge in [0, 0.05) is 27.4 Å². The van der Waals surface area contributed by atoms with Gasteiger partial charge in [-0.15, -0.1) is 11.3 Å². The molecule has 0 bridgehead atoms. The van der Waals surface area contributed by atoms with Crippen molar-refractivity contribution < 1.29 is 13.9 Å². The Morgan fingerprint density at radius 3 is 2.78 bits per heavy atom. The molecule has 3 heterocycles. The smallest absolute Gasteiger partial charge is 0.348 e. The van der Waals surface area contributed by atoms with Crippen LogP contribution in [-0.2, 0) is 11.3 Å². The third-order valence-corrected chi connectivity index (χ3v) is 6.47. The fourth-order valence-electron chi connectivity index (χ4n) is 3.60. The number of carbonyl (C=O) groups is 1. The number of hydrogen-bond donors (Lipinski definition) is 0. The van der Waals surface area contributed by atoms with Crippen LogP contribution in [0.25, 0.3) is 26.9 Å². The standard InChI is InChI=1S/C24H17ClN2O4S/c1-13-6-7-18-15(9-22(28)31-20(18)8-13)12-30-24(29)21-11-19-14(2)26-27(23(19)32-21)17-5-3-4-16(25)10-17/h3-11H,12H2,1-2H3. The van der Waals surface area contributed by atoms with Crippen molar-refractivity contribution in [3.05, 3.63) is 91.7 Å². The summed E-state index contributed by atoms with van der Waals surface area (Å²) in [6.45, 7) is 3.78. The highest BCUT2D eigenvalue weighted by Gasteiger charge is 2.19. The van der Waals surface area contributed by atoms with Crippen molar-refractivity contribution in [2.45, 2.75) is 20.5 Å². The van der Waals surface area contributed by atoms with Crippen molar-refractivity contribution in [1.29, 1.82) is 0 Å². The van der Waals surface area contributed by atoms with Gasteiger partial charge in [-0.25, -0.2) is 14.3 Å². The average molecular weight is 465 g/mol. The molecule has 0 aliphatic heterocycles. The van der Waals surface area contributed by atoms with Crippen LogP contribution in [0.4, 0.5) is 0 Å². The molecule has 0 radical (unpaired) electrons. The molecule has 0 aliphatic carbocycles. The molecule has 0 N–H and O–H groups in total. The van der Waals surface area contributed by atoms with Crippen LogP contribution in [0.3, 0.4) is 0 Å². The Bertz CT molecular complexity index is 1560. The Morgan fingerprint density at radius 1 is 1.12 bits per heavy atom. The van der Waals surface area contributed by atoms with Crippen LogP contribution in [0.5, 0.6) is 0 Å². The number of aromatic nitrogens is 2. The number of halogens is 1. The fraction of sp³-hybridized carbons (Fsp3) is 0.125. The van der Waals surface area contributed by atoms with Crippen molar-refractivity contribution in [3.63, 3.8) is 0 Å². The Hall–Kier alpha value is -3.42. The second-order valence-electron chi connectivity index (χ2n) is 7.47. The van der Waals surface area contributed by atoms with Crippen LogP contribution in [0.1, 0.15) is 26.5 Å². The van der Waals surface area contributed by atoms with Gasteiger partial charge in [0.25, 0.3) is 0 Å². The van der Waals surface area contributed by atoms with Crippen molar-refractivity contribution in [3.8, 4) is 5.69 Å². The van der Waals surface area contributed by atoms with Gasteiger partial charge in [0.05, 0.1) is 11.4 Å². The predicted octanol–water partition coefficient (Wildman–Crippen LogP) is 5.82. The highest BCUT2D eigenvalue weighted by atomic mass is 35.5. The summed E-state index contributed by atoms with van der Waals surface area (Å²) in [5.41, 5.74) is 3.19. The highest BCUT2D eigenvalue weighted by Crippen LogP contribution is 2.31. The molecule has 5 rings (SSSR count). The monoisotopic (exact) mass is 464 g/mol. The van der Waals surface area contributed by atoms with Crippen molar-refractivity contribution in [2.75, 3.05) is 0 Å². The van der Waals surface area contributed by atoms with E-state index in [4.69, 9.17) is 20.8 Å². The number of aryl methyl sites for hydroxylation is 2. The van der Waals surface area contributed by atoms with Crippen molar-refractivity contribution in [2.24, 2.45) is 0 Å². The predicted molar refractivity (Wildman–Crippen MR) is 125 cm³/mol. The number of fused-ring (bicyclic) bond motifs is 2. The maximum absolute atomic E-state index is 12.8. The third kappa shape index (κ3) is 3.70. The normalized spacial score (nSPS) is 11.3. The molecular weight excluding hydrogens is 448 g/mol. The van der Waals surface area contributed by atoms with E-state index in [2.05, 4.69) is 5.10 Å². The minimum absolute atomic E-state index is 0.0301. The molecule has 0 atom stereocenters. The SMILES string of the molecule is Cc1ccc2c(COC(=O)c3cc4c(C)nn(-c5cccc(Cl)c5)c4s3)cc(=O)oc2c1. The largest absolute Gasteiger partial charge is 0.457 e. The van der Waals surface area contributed by atoms with E-state index in [1.54, 1.807) is 22.9 Å². The summed E-state index contributed by atoms with van der Waals surface area (Å²) in [5, 5.41) is 6.80. The lowest BCUT2D eigenvalue weighted by molar-refractivity contribution is 0.0479. The van der Waals surface area contributed by atoms with Gasteiger partial charge in [0.1, 0.15) is 21.9 Å². The van der Waals surface area contributed by atoms with Gasteiger partial charge in [0.2, 0.25) is 0 Å². The number of carbonyl (C=O) groups excluding carboxylic acids is 1. The van der Waals surface area contributed by atoms with Gasteiger partial charge in [-0.3, -0.25) is 0 Å². The lowest BCUT2D eigenvalue weighted by atomic mass is 10.1. The molecule has 0 saturated carbocycles. The molecular formula is C24H17ClN2O4S. The number of rotatable bonds is 4. The number of benzene rings is 2. The van der Waals surface area contributed by atoms with E-state index in [0.29, 0.717) is 21.0 Å². The number of nitrogens with zero attached hydrogens (tertiary/aromatic N) is 2. The van der Waals surface area contributed by atoms with Crippen molar-refractivity contribution >= 4 is 50.1 Å². The zero-order valence-electron chi connectivity index (χ0n) is 17.2. The summed E-state index contributed by atoms with van der Waals surface area (Å²) in [6, 6.07) is 16.1. The molecule has 0 saturated heterocycles. The van der Waals surface area contributed by atoms with E-state index in [0.717, 1.165) is 32.5 Å². The van der Waals surface area contributed by atoms with Gasteiger partial charge in [-0.05, 0) is 49.7 Å². The summed E-state index contributed by atoms with van der Waals surface area (Å²) >= 11 is 7.43. The molecule has 3 aromatic heterocycles. The van der Waals surface area contributed by atoms with Gasteiger partial charge in [-0.1, -0.05) is 29.8 Å². The Labute approximate surface area is 191 Å². The van der Waals surface area contributed by atoms with E-state index < -0.39 is 11.6 Å². The van der Waals surface area contributed by atoms with Crippen LogP contribution in [0.15, 0.2) is 63.8 Å². The van der Waals surface area contributed by atoms with Gasteiger partial charge < -0.3 is 9.15 Å². The second-order valence-corrected chi connectivity index (χ2v) is 8.94. The zero-order chi connectivity index (χ0) is 22.4. The first-order valence-electron chi connectivity index (χ1n) is 9.85. The van der Waals surface area contributed by atoms with Crippen LogP contribution >= 0.6 is 22.9 Å². The molecule has 6 nitrogen and oxygen atoms in total. The van der Waals surface area contributed by atoms with Crippen LogP contribution in [0.2, 0.25) is 5.02 Å². The number of thiophene rings is 1. The summed E-state index contributed by atoms with van der Waals surface area (Å²) in [5.74, 6) is -0.461. The molecule has 8 heteroatoms. The summed E-state index contributed by atoms with van der Waals surface area (Å²) in [4.78, 5) is 26.0. The minimum atomic E-state index is -0.478. The van der Waals surface area contributed by atoms with E-state index >= 15 is 0 Å². The Balaban J connectivity index is 1.45. The average Bonchev–Trinajstić information content (AvgIpc) is 3.32. The van der Waals surface area contributed by atoms with E-state index in [9.17, 15) is 9.59 Å². The maximum atomic E-state index is 12.8. The summed E-state index contributed by atoms with van der Waals surface area (Å²) in [6.07, 6.45) is 0. The Morgan fingerprint density at radius 2 is 1.97 bits per heavy atom. The summed E-state index contributed by atoms with van der Waals surface area (Å²) in [7, 11) is 0. The number of esters is 1. The first-order chi connectivity index (χ1) is 15.4. The van der Waals surface area contributed by atoms with Gasteiger partial charge in [0.15, 0.2) is 0 Å². The molecule has 0 unspecified atom stereocenters. The highest BCUT2D eigenvalue weighted by molar-refractivity contribution is 7.20. The molecule has 0 aliphatic rings. The molecule has 0 amide bonds.